The number of aromatic amines is 1. The van der Waals surface area contributed by atoms with Crippen LogP contribution in [-0.4, -0.2) is 38.3 Å². The average Bonchev–Trinajstić information content (AvgIpc) is 3.11. The van der Waals surface area contributed by atoms with Crippen LogP contribution in [-0.2, 0) is 35.4 Å². The number of carboxylic acids is 1. The lowest BCUT2D eigenvalue weighted by atomic mass is 10.1. The van der Waals surface area contributed by atoms with Crippen LogP contribution in [0.15, 0.2) is 5.38 Å². The fourth-order valence-electron chi connectivity index (χ4n) is 2.77. The Labute approximate surface area is 163 Å². The fourth-order valence-corrected chi connectivity index (χ4v) is 3.38. The van der Waals surface area contributed by atoms with Gasteiger partial charge < -0.3 is 10.4 Å². The lowest BCUT2D eigenvalue weighted by Crippen LogP contribution is -2.25. The third-order valence-corrected chi connectivity index (χ3v) is 4.92. The van der Waals surface area contributed by atoms with Gasteiger partial charge in [0.2, 0.25) is 5.91 Å². The summed E-state index contributed by atoms with van der Waals surface area (Å²) >= 11 is 1.57. The van der Waals surface area contributed by atoms with E-state index in [0.29, 0.717) is 13.0 Å². The normalized spacial score (nSPS) is 13.7. The molecule has 3 N–H and O–H groups in total. The smallest absolute Gasteiger partial charge is 0.475 e. The molecule has 0 radical (unpaired) electrons. The second-order valence-electron chi connectivity index (χ2n) is 6.30. The van der Waals surface area contributed by atoms with Gasteiger partial charge in [0.25, 0.3) is 0 Å². The van der Waals surface area contributed by atoms with Crippen molar-refractivity contribution >= 4 is 23.2 Å². The van der Waals surface area contributed by atoms with Crippen LogP contribution in [0.5, 0.6) is 0 Å². The van der Waals surface area contributed by atoms with E-state index in [1.807, 2.05) is 12.3 Å². The number of hydrogen-bond acceptors (Lipinski definition) is 5. The molecule has 2 aromatic rings. The molecule has 1 amide bonds. The lowest BCUT2D eigenvalue weighted by molar-refractivity contribution is -0.192. The monoisotopic (exact) mass is 418 g/mol. The fraction of sp³-hybridized carbons (Fsp3) is 0.529. The maximum Gasteiger partial charge on any atom is 0.490 e. The Morgan fingerprint density at radius 1 is 1.29 bits per heavy atom. The lowest BCUT2D eigenvalue weighted by Gasteiger charge is -2.04. The van der Waals surface area contributed by atoms with Gasteiger partial charge in [0.15, 0.2) is 0 Å². The Morgan fingerprint density at radius 2 is 1.96 bits per heavy atom. The summed E-state index contributed by atoms with van der Waals surface area (Å²) in [6.45, 7) is 2.46. The summed E-state index contributed by atoms with van der Waals surface area (Å²) in [5.74, 6) is -2.75. The van der Waals surface area contributed by atoms with E-state index < -0.39 is 12.1 Å². The van der Waals surface area contributed by atoms with E-state index in [0.717, 1.165) is 29.2 Å². The van der Waals surface area contributed by atoms with Crippen LogP contribution in [0.4, 0.5) is 13.2 Å². The first-order chi connectivity index (χ1) is 13.2. The van der Waals surface area contributed by atoms with Gasteiger partial charge in [0.1, 0.15) is 0 Å². The second kappa shape index (κ2) is 9.67. The van der Waals surface area contributed by atoms with Crippen molar-refractivity contribution in [2.24, 2.45) is 0 Å². The molecule has 1 aliphatic rings. The standard InChI is InChI=1S/C15H20N4OS.C2HF3O2/c1-10-17-11(9-21-10)7-15(20)16-8-14-12-5-3-2-4-6-13(12)18-19-14;3-2(4,5)1(6)7/h9H,2-8H2,1H3,(H,16,20)(H,18,19);(H,6,7). The molecule has 28 heavy (non-hydrogen) atoms. The van der Waals surface area contributed by atoms with Crippen molar-refractivity contribution in [2.45, 2.75) is 58.2 Å². The van der Waals surface area contributed by atoms with Crippen molar-refractivity contribution in [3.63, 3.8) is 0 Å². The quantitative estimate of drug-likeness (QED) is 0.662. The van der Waals surface area contributed by atoms with Crippen LogP contribution < -0.4 is 5.32 Å². The molecule has 0 unspecified atom stereocenters. The number of fused-ring (bicyclic) bond motifs is 1. The van der Waals surface area contributed by atoms with Crippen LogP contribution in [0.3, 0.4) is 0 Å². The molecule has 154 valence electrons. The predicted octanol–water partition coefficient (Wildman–Crippen LogP) is 2.94. The summed E-state index contributed by atoms with van der Waals surface area (Å²) in [5.41, 5.74) is 4.41. The van der Waals surface area contributed by atoms with Crippen molar-refractivity contribution in [1.29, 1.82) is 0 Å². The Balaban J connectivity index is 0.000000345. The maximum absolute atomic E-state index is 12.0. The zero-order valence-electron chi connectivity index (χ0n) is 15.2. The number of halogens is 3. The van der Waals surface area contributed by atoms with Gasteiger partial charge in [0.05, 0.1) is 29.4 Å². The van der Waals surface area contributed by atoms with Gasteiger partial charge in [-0.05, 0) is 38.2 Å². The number of carbonyl (C=O) groups is 2. The third-order valence-electron chi connectivity index (χ3n) is 4.10. The van der Waals surface area contributed by atoms with Gasteiger partial charge in [-0.1, -0.05) is 6.42 Å². The Bertz CT molecular complexity index is 817. The van der Waals surface area contributed by atoms with Crippen molar-refractivity contribution in [3.05, 3.63) is 33.0 Å². The number of aryl methyl sites for hydroxylation is 2. The minimum Gasteiger partial charge on any atom is -0.475 e. The molecule has 0 fully saturated rings. The van der Waals surface area contributed by atoms with E-state index in [1.54, 1.807) is 11.3 Å². The van der Waals surface area contributed by atoms with Crippen LogP contribution in [0.2, 0.25) is 0 Å². The number of H-pyrrole nitrogens is 1. The molecule has 7 nitrogen and oxygen atoms in total. The maximum atomic E-state index is 12.0. The molecule has 2 heterocycles. The number of nitrogens with one attached hydrogen (secondary N) is 2. The van der Waals surface area contributed by atoms with Crippen molar-refractivity contribution in [3.8, 4) is 0 Å². The molecule has 0 aromatic carbocycles. The van der Waals surface area contributed by atoms with Crippen molar-refractivity contribution in [1.82, 2.24) is 20.5 Å². The molecule has 1 aliphatic carbocycles. The second-order valence-corrected chi connectivity index (χ2v) is 7.36. The largest absolute Gasteiger partial charge is 0.490 e. The zero-order chi connectivity index (χ0) is 20.7. The Hall–Kier alpha value is -2.43. The zero-order valence-corrected chi connectivity index (χ0v) is 16.0. The minimum absolute atomic E-state index is 0.00525. The number of rotatable bonds is 4. The van der Waals surface area contributed by atoms with Gasteiger partial charge in [-0.25, -0.2) is 9.78 Å². The minimum atomic E-state index is -5.08. The molecule has 0 spiro atoms. The highest BCUT2D eigenvalue weighted by Gasteiger charge is 2.38. The number of carboxylic acid groups (broad SMARTS) is 1. The summed E-state index contributed by atoms with van der Waals surface area (Å²) in [4.78, 5) is 25.2. The number of aromatic nitrogens is 3. The Morgan fingerprint density at radius 3 is 2.57 bits per heavy atom. The number of carbonyl (C=O) groups excluding carboxylic acids is 1. The van der Waals surface area contributed by atoms with Gasteiger partial charge in [-0.3, -0.25) is 9.89 Å². The molecular weight excluding hydrogens is 397 g/mol. The molecular formula is C17H21F3N4O3S. The first-order valence-electron chi connectivity index (χ1n) is 8.69. The topological polar surface area (TPSA) is 108 Å². The van der Waals surface area contributed by atoms with E-state index in [1.165, 1.54) is 30.5 Å². The summed E-state index contributed by atoms with van der Waals surface area (Å²) in [6.07, 6.45) is 1.13. The van der Waals surface area contributed by atoms with E-state index in [2.05, 4.69) is 20.5 Å². The van der Waals surface area contributed by atoms with Crippen LogP contribution in [0.1, 0.15) is 46.9 Å². The molecule has 3 rings (SSSR count). The highest BCUT2D eigenvalue weighted by Crippen LogP contribution is 2.21. The first kappa shape index (κ1) is 21.9. The van der Waals surface area contributed by atoms with Gasteiger partial charge in [-0.2, -0.15) is 18.3 Å². The molecule has 0 bridgehead atoms. The highest BCUT2D eigenvalue weighted by molar-refractivity contribution is 7.09. The molecule has 11 heteroatoms. The van der Waals surface area contributed by atoms with E-state index in [4.69, 9.17) is 9.90 Å². The average molecular weight is 418 g/mol. The van der Waals surface area contributed by atoms with Crippen LogP contribution in [0, 0.1) is 6.92 Å². The Kier molecular flexibility index (Phi) is 7.55. The molecule has 0 atom stereocenters. The number of amides is 1. The summed E-state index contributed by atoms with van der Waals surface area (Å²) in [7, 11) is 0. The van der Waals surface area contributed by atoms with E-state index >= 15 is 0 Å². The van der Waals surface area contributed by atoms with E-state index in [-0.39, 0.29) is 5.91 Å². The summed E-state index contributed by atoms with van der Waals surface area (Å²) < 4.78 is 31.7. The van der Waals surface area contributed by atoms with Gasteiger partial charge in [0, 0.05) is 11.1 Å². The SMILES string of the molecule is Cc1nc(CC(=O)NCc2n[nH]c3c2CCCCC3)cs1.O=C(O)C(F)(F)F. The van der Waals surface area contributed by atoms with Crippen LogP contribution in [0.25, 0.3) is 0 Å². The first-order valence-corrected chi connectivity index (χ1v) is 9.57. The number of hydrogen-bond donors (Lipinski definition) is 3. The summed E-state index contributed by atoms with van der Waals surface area (Å²) in [5, 5.41) is 20.5. The molecule has 2 aromatic heterocycles. The number of aliphatic carboxylic acids is 1. The predicted molar refractivity (Wildman–Crippen MR) is 95.9 cm³/mol. The molecule has 0 saturated heterocycles. The molecule has 0 aliphatic heterocycles. The van der Waals surface area contributed by atoms with E-state index in [9.17, 15) is 18.0 Å². The van der Waals surface area contributed by atoms with Gasteiger partial charge in [-0.15, -0.1) is 11.3 Å². The van der Waals surface area contributed by atoms with Gasteiger partial charge >= 0.3 is 12.1 Å². The third kappa shape index (κ3) is 6.63. The number of thiazole rings is 1. The van der Waals surface area contributed by atoms with Crippen LogP contribution >= 0.6 is 11.3 Å². The molecule has 0 saturated carbocycles. The highest BCUT2D eigenvalue weighted by atomic mass is 32.1. The number of nitrogens with zero attached hydrogens (tertiary/aromatic N) is 2. The summed E-state index contributed by atoms with van der Waals surface area (Å²) in [6, 6.07) is 0. The van der Waals surface area contributed by atoms with Crippen molar-refractivity contribution in [2.75, 3.05) is 0 Å². The number of alkyl halides is 3. The van der Waals surface area contributed by atoms with Crippen molar-refractivity contribution < 1.29 is 27.9 Å².